The minimum absolute atomic E-state index is 0.586. The van der Waals surface area contributed by atoms with Gasteiger partial charge in [-0.3, -0.25) is 0 Å². The quantitative estimate of drug-likeness (QED) is 0.840. The normalized spacial score (nSPS) is 22.5. The van der Waals surface area contributed by atoms with Crippen molar-refractivity contribution in [3.63, 3.8) is 0 Å². The van der Waals surface area contributed by atoms with Gasteiger partial charge in [-0.1, -0.05) is 6.42 Å². The fourth-order valence-corrected chi connectivity index (χ4v) is 3.47. The Hall–Kier alpha value is -0.410. The second kappa shape index (κ2) is 7.12. The molecule has 1 aliphatic rings. The summed E-state index contributed by atoms with van der Waals surface area (Å²) in [5.74, 6) is 2.46. The van der Waals surface area contributed by atoms with Gasteiger partial charge in [0.2, 0.25) is 0 Å². The summed E-state index contributed by atoms with van der Waals surface area (Å²) in [5, 5.41) is 4.49. The van der Waals surface area contributed by atoms with Crippen LogP contribution in [0.25, 0.3) is 0 Å². The van der Waals surface area contributed by atoms with Crippen molar-refractivity contribution in [2.75, 3.05) is 12.3 Å². The smallest absolute Gasteiger partial charge is 0.103 e. The van der Waals surface area contributed by atoms with Gasteiger partial charge in [0.05, 0.1) is 6.26 Å². The van der Waals surface area contributed by atoms with Gasteiger partial charge >= 0.3 is 0 Å². The van der Waals surface area contributed by atoms with E-state index in [1.165, 1.54) is 31.6 Å². The second-order valence-electron chi connectivity index (χ2n) is 4.92. The minimum Gasteiger partial charge on any atom is -0.469 e. The molecule has 1 aromatic heterocycles. The predicted molar refractivity (Wildman–Crippen MR) is 74.6 cm³/mol. The monoisotopic (exact) mass is 253 g/mol. The molecule has 1 N–H and O–H groups in total. The Balaban J connectivity index is 1.58. The highest BCUT2D eigenvalue weighted by molar-refractivity contribution is 7.99. The zero-order valence-electron chi connectivity index (χ0n) is 10.7. The van der Waals surface area contributed by atoms with Gasteiger partial charge in [-0.05, 0) is 44.1 Å². The van der Waals surface area contributed by atoms with Crippen molar-refractivity contribution in [1.82, 2.24) is 5.32 Å². The molecule has 2 atom stereocenters. The summed E-state index contributed by atoms with van der Waals surface area (Å²) in [6, 6.07) is 4.61. The van der Waals surface area contributed by atoms with Crippen molar-refractivity contribution in [3.8, 4) is 0 Å². The summed E-state index contributed by atoms with van der Waals surface area (Å²) in [6.45, 7) is 3.44. The lowest BCUT2D eigenvalue weighted by Crippen LogP contribution is -2.33. The van der Waals surface area contributed by atoms with E-state index in [4.69, 9.17) is 4.42 Å². The standard InChI is InChI=1S/C14H23NOS/c1-12(7-8-13-5-4-9-16-13)15-11-14-6-2-3-10-17-14/h4-5,9,12,14-15H,2-3,6-8,10-11H2,1H3. The Kier molecular flexibility index (Phi) is 5.46. The van der Waals surface area contributed by atoms with Crippen LogP contribution in [0.2, 0.25) is 0 Å². The molecule has 2 heterocycles. The summed E-state index contributed by atoms with van der Waals surface area (Å²) in [5.41, 5.74) is 0. The summed E-state index contributed by atoms with van der Waals surface area (Å²) in [6.07, 6.45) is 8.17. The van der Waals surface area contributed by atoms with Crippen LogP contribution in [0.3, 0.4) is 0 Å². The van der Waals surface area contributed by atoms with E-state index in [0.717, 1.165) is 23.9 Å². The number of thioether (sulfide) groups is 1. The van der Waals surface area contributed by atoms with Gasteiger partial charge < -0.3 is 9.73 Å². The van der Waals surface area contributed by atoms with Crippen LogP contribution in [0, 0.1) is 0 Å². The fraction of sp³-hybridized carbons (Fsp3) is 0.714. The molecule has 0 saturated carbocycles. The molecule has 1 aromatic rings. The molecule has 2 nitrogen and oxygen atoms in total. The summed E-state index contributed by atoms with van der Waals surface area (Å²) in [4.78, 5) is 0. The van der Waals surface area contributed by atoms with Gasteiger partial charge in [-0.15, -0.1) is 0 Å². The van der Waals surface area contributed by atoms with E-state index in [1.54, 1.807) is 6.26 Å². The van der Waals surface area contributed by atoms with Crippen molar-refractivity contribution in [3.05, 3.63) is 24.2 Å². The van der Waals surface area contributed by atoms with E-state index < -0.39 is 0 Å². The first-order valence-corrected chi connectivity index (χ1v) is 7.77. The molecule has 1 aliphatic heterocycles. The van der Waals surface area contributed by atoms with Crippen molar-refractivity contribution in [1.29, 1.82) is 0 Å². The van der Waals surface area contributed by atoms with Gasteiger partial charge in [0.1, 0.15) is 5.76 Å². The highest BCUT2D eigenvalue weighted by Gasteiger charge is 2.14. The maximum absolute atomic E-state index is 5.35. The highest BCUT2D eigenvalue weighted by atomic mass is 32.2. The molecule has 96 valence electrons. The van der Waals surface area contributed by atoms with E-state index in [2.05, 4.69) is 30.1 Å². The number of hydrogen-bond donors (Lipinski definition) is 1. The van der Waals surface area contributed by atoms with Crippen molar-refractivity contribution in [2.24, 2.45) is 0 Å². The molecule has 0 amide bonds. The maximum atomic E-state index is 5.35. The van der Waals surface area contributed by atoms with Crippen molar-refractivity contribution < 1.29 is 4.42 Å². The largest absolute Gasteiger partial charge is 0.469 e. The Bertz CT molecular complexity index is 293. The Labute approximate surface area is 109 Å². The second-order valence-corrected chi connectivity index (χ2v) is 6.32. The Morgan fingerprint density at radius 3 is 3.18 bits per heavy atom. The number of hydrogen-bond acceptors (Lipinski definition) is 3. The van der Waals surface area contributed by atoms with E-state index in [1.807, 2.05) is 6.07 Å². The van der Waals surface area contributed by atoms with Gasteiger partial charge in [-0.2, -0.15) is 11.8 Å². The van der Waals surface area contributed by atoms with Gasteiger partial charge in [-0.25, -0.2) is 0 Å². The first-order chi connectivity index (χ1) is 8.34. The zero-order chi connectivity index (χ0) is 11.9. The number of aryl methyl sites for hydroxylation is 1. The topological polar surface area (TPSA) is 25.2 Å². The highest BCUT2D eigenvalue weighted by Crippen LogP contribution is 2.24. The zero-order valence-corrected chi connectivity index (χ0v) is 11.5. The van der Waals surface area contributed by atoms with Crippen LogP contribution >= 0.6 is 11.8 Å². The molecule has 0 aromatic carbocycles. The lowest BCUT2D eigenvalue weighted by molar-refractivity contribution is 0.455. The van der Waals surface area contributed by atoms with Crippen LogP contribution in [0.5, 0.6) is 0 Å². The number of rotatable bonds is 6. The van der Waals surface area contributed by atoms with E-state index in [9.17, 15) is 0 Å². The third-order valence-corrected chi connectivity index (χ3v) is 4.77. The molecule has 2 unspecified atom stereocenters. The fourth-order valence-electron chi connectivity index (χ4n) is 2.22. The van der Waals surface area contributed by atoms with E-state index in [0.29, 0.717) is 6.04 Å². The summed E-state index contributed by atoms with van der Waals surface area (Å²) in [7, 11) is 0. The van der Waals surface area contributed by atoms with Crippen LogP contribution in [0.1, 0.15) is 38.4 Å². The lowest BCUT2D eigenvalue weighted by Gasteiger charge is -2.23. The molecule has 3 heteroatoms. The summed E-state index contributed by atoms with van der Waals surface area (Å²) < 4.78 is 5.35. The molecule has 0 aliphatic carbocycles. The third kappa shape index (κ3) is 4.76. The molecular formula is C14H23NOS. The molecule has 2 rings (SSSR count). The van der Waals surface area contributed by atoms with Gasteiger partial charge in [0.15, 0.2) is 0 Å². The predicted octanol–water partition coefficient (Wildman–Crippen LogP) is 3.48. The summed E-state index contributed by atoms with van der Waals surface area (Å²) >= 11 is 2.14. The molecule has 17 heavy (non-hydrogen) atoms. The Morgan fingerprint density at radius 2 is 2.47 bits per heavy atom. The van der Waals surface area contributed by atoms with Crippen LogP contribution < -0.4 is 5.32 Å². The third-order valence-electron chi connectivity index (χ3n) is 3.37. The van der Waals surface area contributed by atoms with Gasteiger partial charge in [0, 0.05) is 24.3 Å². The van der Waals surface area contributed by atoms with Crippen molar-refractivity contribution >= 4 is 11.8 Å². The molecule has 0 radical (unpaired) electrons. The van der Waals surface area contributed by atoms with Crippen LogP contribution in [-0.2, 0) is 6.42 Å². The minimum atomic E-state index is 0.586. The molecule has 1 saturated heterocycles. The average Bonchev–Trinajstić information content (AvgIpc) is 2.88. The lowest BCUT2D eigenvalue weighted by atomic mass is 10.1. The number of nitrogens with one attached hydrogen (secondary N) is 1. The average molecular weight is 253 g/mol. The van der Waals surface area contributed by atoms with Crippen LogP contribution in [0.4, 0.5) is 0 Å². The van der Waals surface area contributed by atoms with E-state index >= 15 is 0 Å². The molecular weight excluding hydrogens is 230 g/mol. The van der Waals surface area contributed by atoms with Crippen LogP contribution in [-0.4, -0.2) is 23.6 Å². The van der Waals surface area contributed by atoms with Crippen molar-refractivity contribution in [2.45, 2.75) is 50.3 Å². The van der Waals surface area contributed by atoms with Crippen LogP contribution in [0.15, 0.2) is 22.8 Å². The number of furan rings is 1. The maximum Gasteiger partial charge on any atom is 0.103 e. The van der Waals surface area contributed by atoms with E-state index in [-0.39, 0.29) is 0 Å². The molecule has 0 spiro atoms. The first kappa shape index (κ1) is 13.0. The molecule has 0 bridgehead atoms. The first-order valence-electron chi connectivity index (χ1n) is 6.72. The molecule has 1 fully saturated rings. The Morgan fingerprint density at radius 1 is 1.53 bits per heavy atom. The van der Waals surface area contributed by atoms with Gasteiger partial charge in [0.25, 0.3) is 0 Å². The SMILES string of the molecule is CC(CCc1ccco1)NCC1CCCCS1.